The van der Waals surface area contributed by atoms with Crippen molar-refractivity contribution in [1.82, 2.24) is 0 Å². The first-order chi connectivity index (χ1) is 7.60. The van der Waals surface area contributed by atoms with Crippen LogP contribution in [0, 0.1) is 18.2 Å². The van der Waals surface area contributed by atoms with E-state index in [4.69, 9.17) is 11.5 Å². The van der Waals surface area contributed by atoms with Gasteiger partial charge in [-0.05, 0) is 18.6 Å². The lowest BCUT2D eigenvalue weighted by molar-refractivity contribution is 0.0697. The number of carbonyl (C=O) groups is 1. The molecule has 0 saturated carbocycles. The highest BCUT2D eigenvalue weighted by Gasteiger charge is 2.15. The maximum atomic E-state index is 13.4. The third-order valence-corrected chi connectivity index (χ3v) is 2.17. The van der Waals surface area contributed by atoms with Crippen molar-refractivity contribution in [1.29, 1.82) is 0 Å². The Bertz CT molecular complexity index is 437. The molecular weight excluding hydrogens is 209 g/mol. The number of anilines is 1. The van der Waals surface area contributed by atoms with Crippen LogP contribution in [-0.4, -0.2) is 17.1 Å². The third-order valence-electron chi connectivity index (χ3n) is 2.17. The van der Waals surface area contributed by atoms with Crippen LogP contribution in [0.3, 0.4) is 0 Å². The molecule has 0 aliphatic rings. The Morgan fingerprint density at radius 1 is 1.69 bits per heavy atom. The zero-order chi connectivity index (χ0) is 12.1. The minimum Gasteiger partial charge on any atom is -0.478 e. The number of benzene rings is 1. The number of halogens is 1. The lowest BCUT2D eigenvalue weighted by atomic mass is 10.1. The highest BCUT2D eigenvalue weighted by Crippen LogP contribution is 2.21. The molecule has 1 atom stereocenters. The van der Waals surface area contributed by atoms with Crippen LogP contribution in [0.25, 0.3) is 0 Å². The minimum absolute atomic E-state index is 0.0557. The predicted octanol–water partition coefficient (Wildman–Crippen LogP) is 2.35. The van der Waals surface area contributed by atoms with E-state index in [2.05, 4.69) is 11.2 Å². The lowest BCUT2D eigenvalue weighted by Crippen LogP contribution is -2.19. The largest absolute Gasteiger partial charge is 0.478 e. The maximum Gasteiger partial charge on any atom is 0.337 e. The molecule has 0 aliphatic heterocycles. The topological polar surface area (TPSA) is 49.3 Å². The fourth-order valence-corrected chi connectivity index (χ4v) is 1.28. The van der Waals surface area contributed by atoms with E-state index in [0.29, 0.717) is 6.42 Å². The molecule has 0 aliphatic carbocycles. The van der Waals surface area contributed by atoms with E-state index in [1.54, 1.807) is 0 Å². The SMILES string of the molecule is C#CC(CC)Nc1c(F)cccc1C(=O)O. The highest BCUT2D eigenvalue weighted by molar-refractivity contribution is 5.94. The van der Waals surface area contributed by atoms with Gasteiger partial charge in [-0.2, -0.15) is 0 Å². The second-order valence-corrected chi connectivity index (χ2v) is 3.24. The van der Waals surface area contributed by atoms with Crippen LogP contribution in [0.2, 0.25) is 0 Å². The fourth-order valence-electron chi connectivity index (χ4n) is 1.28. The fraction of sp³-hybridized carbons (Fsp3) is 0.250. The van der Waals surface area contributed by atoms with Crippen molar-refractivity contribution < 1.29 is 14.3 Å². The van der Waals surface area contributed by atoms with E-state index >= 15 is 0 Å². The molecule has 1 rings (SSSR count). The summed E-state index contributed by atoms with van der Waals surface area (Å²) in [5.41, 5.74) is -0.173. The zero-order valence-corrected chi connectivity index (χ0v) is 8.83. The van der Waals surface area contributed by atoms with Gasteiger partial charge in [-0.1, -0.05) is 18.9 Å². The molecule has 1 unspecified atom stereocenters. The van der Waals surface area contributed by atoms with E-state index in [9.17, 15) is 9.18 Å². The van der Waals surface area contributed by atoms with E-state index in [0.717, 1.165) is 0 Å². The minimum atomic E-state index is -1.19. The Kier molecular flexibility index (Phi) is 3.90. The normalized spacial score (nSPS) is 11.6. The van der Waals surface area contributed by atoms with Gasteiger partial charge in [0.1, 0.15) is 5.82 Å². The van der Waals surface area contributed by atoms with Crippen molar-refractivity contribution >= 4 is 11.7 Å². The Labute approximate surface area is 93.3 Å². The average Bonchev–Trinajstić information content (AvgIpc) is 2.27. The number of hydrogen-bond donors (Lipinski definition) is 2. The number of rotatable bonds is 4. The van der Waals surface area contributed by atoms with Crippen LogP contribution in [0.4, 0.5) is 10.1 Å². The van der Waals surface area contributed by atoms with Crippen molar-refractivity contribution in [3.8, 4) is 12.3 Å². The quantitative estimate of drug-likeness (QED) is 0.767. The van der Waals surface area contributed by atoms with E-state index in [1.165, 1.54) is 18.2 Å². The number of terminal acetylenes is 1. The van der Waals surface area contributed by atoms with Gasteiger partial charge in [0.25, 0.3) is 0 Å². The summed E-state index contributed by atoms with van der Waals surface area (Å²) in [6.45, 7) is 1.83. The van der Waals surface area contributed by atoms with Crippen LogP contribution in [0.15, 0.2) is 18.2 Å². The van der Waals surface area contributed by atoms with Crippen LogP contribution in [0.5, 0.6) is 0 Å². The van der Waals surface area contributed by atoms with Crippen LogP contribution < -0.4 is 5.32 Å². The number of carboxylic acids is 1. The molecule has 0 saturated heterocycles. The van der Waals surface area contributed by atoms with Crippen LogP contribution >= 0.6 is 0 Å². The van der Waals surface area contributed by atoms with Gasteiger partial charge in [-0.3, -0.25) is 0 Å². The molecular formula is C12H12FNO2. The molecule has 16 heavy (non-hydrogen) atoms. The Morgan fingerprint density at radius 3 is 2.88 bits per heavy atom. The molecule has 4 heteroatoms. The summed E-state index contributed by atoms with van der Waals surface area (Å²) in [6, 6.07) is 3.49. The molecule has 0 heterocycles. The second-order valence-electron chi connectivity index (χ2n) is 3.24. The molecule has 0 fully saturated rings. The Morgan fingerprint density at radius 2 is 2.38 bits per heavy atom. The van der Waals surface area contributed by atoms with Crippen molar-refractivity contribution in [3.05, 3.63) is 29.6 Å². The van der Waals surface area contributed by atoms with Gasteiger partial charge in [-0.25, -0.2) is 9.18 Å². The average molecular weight is 221 g/mol. The molecule has 1 aromatic carbocycles. The van der Waals surface area contributed by atoms with Crippen LogP contribution in [-0.2, 0) is 0 Å². The summed E-state index contributed by atoms with van der Waals surface area (Å²) < 4.78 is 13.4. The number of hydrogen-bond acceptors (Lipinski definition) is 2. The van der Waals surface area contributed by atoms with Gasteiger partial charge >= 0.3 is 5.97 Å². The number of carboxylic acid groups (broad SMARTS) is 1. The summed E-state index contributed by atoms with van der Waals surface area (Å²) in [7, 11) is 0. The molecule has 0 aromatic heterocycles. The molecule has 3 nitrogen and oxygen atoms in total. The van der Waals surface area contributed by atoms with Gasteiger partial charge in [0.2, 0.25) is 0 Å². The second kappa shape index (κ2) is 5.17. The van der Waals surface area contributed by atoms with E-state index in [1.807, 2.05) is 6.92 Å². The Balaban J connectivity index is 3.11. The lowest BCUT2D eigenvalue weighted by Gasteiger charge is -2.14. The summed E-state index contributed by atoms with van der Waals surface area (Å²) in [5.74, 6) is 0.620. The van der Waals surface area contributed by atoms with Gasteiger partial charge in [-0.15, -0.1) is 6.42 Å². The third kappa shape index (κ3) is 2.51. The van der Waals surface area contributed by atoms with E-state index < -0.39 is 11.8 Å². The highest BCUT2D eigenvalue weighted by atomic mass is 19.1. The monoisotopic (exact) mass is 221 g/mol. The molecule has 84 valence electrons. The van der Waals surface area contributed by atoms with Crippen molar-refractivity contribution in [2.24, 2.45) is 0 Å². The van der Waals surface area contributed by atoms with Crippen molar-refractivity contribution in [3.63, 3.8) is 0 Å². The standard InChI is InChI=1S/C12H12FNO2/c1-3-8(4-2)14-11-9(12(15)16)6-5-7-10(11)13/h1,5-8,14H,4H2,2H3,(H,15,16). The molecule has 0 radical (unpaired) electrons. The van der Waals surface area contributed by atoms with E-state index in [-0.39, 0.29) is 17.3 Å². The summed E-state index contributed by atoms with van der Waals surface area (Å²) >= 11 is 0. The molecule has 2 N–H and O–H groups in total. The smallest absolute Gasteiger partial charge is 0.337 e. The summed E-state index contributed by atoms with van der Waals surface area (Å²) in [5, 5.41) is 11.6. The molecule has 0 bridgehead atoms. The molecule has 0 spiro atoms. The summed E-state index contributed by atoms with van der Waals surface area (Å²) in [4.78, 5) is 10.9. The van der Waals surface area contributed by atoms with Crippen molar-refractivity contribution in [2.75, 3.05) is 5.32 Å². The van der Waals surface area contributed by atoms with Gasteiger partial charge in [0.05, 0.1) is 17.3 Å². The van der Waals surface area contributed by atoms with Gasteiger partial charge in [0.15, 0.2) is 0 Å². The summed E-state index contributed by atoms with van der Waals surface area (Å²) in [6.07, 6.45) is 5.81. The first kappa shape index (κ1) is 12.1. The number of para-hydroxylation sites is 1. The Hall–Kier alpha value is -2.02. The first-order valence-corrected chi connectivity index (χ1v) is 4.84. The zero-order valence-electron chi connectivity index (χ0n) is 8.83. The first-order valence-electron chi connectivity index (χ1n) is 4.84. The molecule has 1 aromatic rings. The maximum absolute atomic E-state index is 13.4. The number of nitrogens with one attached hydrogen (secondary N) is 1. The van der Waals surface area contributed by atoms with Gasteiger partial charge in [0, 0.05) is 0 Å². The predicted molar refractivity (Wildman–Crippen MR) is 59.9 cm³/mol. The van der Waals surface area contributed by atoms with Crippen LogP contribution in [0.1, 0.15) is 23.7 Å². The van der Waals surface area contributed by atoms with Crippen molar-refractivity contribution in [2.45, 2.75) is 19.4 Å². The number of aromatic carboxylic acids is 1. The van der Waals surface area contributed by atoms with Gasteiger partial charge < -0.3 is 10.4 Å². The molecule has 0 amide bonds.